The van der Waals surface area contributed by atoms with Crippen molar-refractivity contribution in [2.75, 3.05) is 27.6 Å². The molecule has 2 aromatic carbocycles. The van der Waals surface area contributed by atoms with E-state index in [9.17, 15) is 22.8 Å². The molecule has 182 valence electrons. The van der Waals surface area contributed by atoms with Crippen molar-refractivity contribution >= 4 is 11.8 Å². The van der Waals surface area contributed by atoms with Crippen molar-refractivity contribution < 1.29 is 51.2 Å². The standard InChI is InChI=1S/C23H21F3O8/c1-29-15-5-3-12(7-17(15)30-2)9-31-10-14-19(21(27)23(24,25)26)22(28)34-20(14)13-4-6-16-18(8-13)33-11-32-16/h3-8,14,19-20H,9-11H2,1-2H3/t14-,19?,20+/m0/s1. The van der Waals surface area contributed by atoms with Crippen LogP contribution in [0.3, 0.4) is 0 Å². The molecule has 1 saturated heterocycles. The van der Waals surface area contributed by atoms with Crippen molar-refractivity contribution in [2.24, 2.45) is 11.8 Å². The minimum absolute atomic E-state index is 0.00368. The SMILES string of the molecule is COc1ccc(COC[C@H]2C(C(=O)C(F)(F)F)C(=O)O[C@@H]2c2ccc3c(c2)OCO3)cc1OC. The molecule has 0 amide bonds. The Morgan fingerprint density at radius 2 is 1.76 bits per heavy atom. The lowest BCUT2D eigenvalue weighted by Gasteiger charge is -2.21. The molecule has 2 aliphatic rings. The molecule has 3 atom stereocenters. The zero-order valence-electron chi connectivity index (χ0n) is 18.2. The molecule has 11 heteroatoms. The molecule has 0 N–H and O–H groups in total. The highest BCUT2D eigenvalue weighted by atomic mass is 19.4. The van der Waals surface area contributed by atoms with Crippen LogP contribution in [0.25, 0.3) is 0 Å². The van der Waals surface area contributed by atoms with Gasteiger partial charge in [0.1, 0.15) is 12.0 Å². The van der Waals surface area contributed by atoms with Crippen molar-refractivity contribution in [3.8, 4) is 23.0 Å². The minimum atomic E-state index is -5.20. The Kier molecular flexibility index (Phi) is 6.56. The summed E-state index contributed by atoms with van der Waals surface area (Å²) in [5, 5.41) is 0. The number of carbonyl (C=O) groups is 2. The zero-order chi connectivity index (χ0) is 24.5. The van der Waals surface area contributed by atoms with E-state index in [0.29, 0.717) is 34.1 Å². The molecule has 34 heavy (non-hydrogen) atoms. The summed E-state index contributed by atoms with van der Waals surface area (Å²) in [5.41, 5.74) is 1.02. The number of alkyl halides is 3. The van der Waals surface area contributed by atoms with Crippen LogP contribution < -0.4 is 18.9 Å². The van der Waals surface area contributed by atoms with Crippen molar-refractivity contribution in [2.45, 2.75) is 18.9 Å². The normalized spacial score (nSPS) is 21.3. The van der Waals surface area contributed by atoms with E-state index in [4.69, 9.17) is 28.4 Å². The molecule has 2 heterocycles. The third kappa shape index (κ3) is 4.60. The zero-order valence-corrected chi connectivity index (χ0v) is 18.2. The molecule has 2 aromatic rings. The molecular formula is C23H21F3O8. The lowest BCUT2D eigenvalue weighted by molar-refractivity contribution is -0.179. The number of rotatable bonds is 8. The summed E-state index contributed by atoms with van der Waals surface area (Å²) in [7, 11) is 2.95. The van der Waals surface area contributed by atoms with Crippen LogP contribution in [0, 0.1) is 11.8 Å². The van der Waals surface area contributed by atoms with E-state index in [1.165, 1.54) is 20.3 Å². The molecule has 2 aliphatic heterocycles. The van der Waals surface area contributed by atoms with Gasteiger partial charge in [-0.25, -0.2) is 0 Å². The fraction of sp³-hybridized carbons (Fsp3) is 0.391. The number of ether oxygens (including phenoxy) is 6. The first-order valence-corrected chi connectivity index (χ1v) is 10.2. The Hall–Kier alpha value is -3.47. The first-order chi connectivity index (χ1) is 16.2. The number of halogens is 3. The number of hydrogen-bond donors (Lipinski definition) is 0. The van der Waals surface area contributed by atoms with Crippen LogP contribution in [0.4, 0.5) is 13.2 Å². The number of benzene rings is 2. The third-order valence-corrected chi connectivity index (χ3v) is 5.63. The second-order valence-corrected chi connectivity index (χ2v) is 7.68. The summed E-state index contributed by atoms with van der Waals surface area (Å²) in [5.74, 6) is -4.89. The van der Waals surface area contributed by atoms with E-state index in [2.05, 4.69) is 0 Å². The molecule has 0 radical (unpaired) electrons. The van der Waals surface area contributed by atoms with Crippen molar-refractivity contribution in [3.05, 3.63) is 47.5 Å². The number of ketones is 1. The Morgan fingerprint density at radius 1 is 1.03 bits per heavy atom. The Labute approximate surface area is 192 Å². The van der Waals surface area contributed by atoms with Crippen molar-refractivity contribution in [3.63, 3.8) is 0 Å². The minimum Gasteiger partial charge on any atom is -0.493 e. The average Bonchev–Trinajstić information content (AvgIpc) is 3.41. The van der Waals surface area contributed by atoms with Crippen LogP contribution in [0.5, 0.6) is 23.0 Å². The summed E-state index contributed by atoms with van der Waals surface area (Å²) in [6, 6.07) is 9.64. The first kappa shape index (κ1) is 23.7. The van der Waals surface area contributed by atoms with Gasteiger partial charge in [-0.1, -0.05) is 12.1 Å². The Balaban J connectivity index is 1.56. The fourth-order valence-electron chi connectivity index (χ4n) is 3.99. The van der Waals surface area contributed by atoms with E-state index in [1.807, 2.05) is 0 Å². The van der Waals surface area contributed by atoms with Gasteiger partial charge in [0, 0.05) is 5.92 Å². The van der Waals surface area contributed by atoms with Gasteiger partial charge in [-0.05, 0) is 35.4 Å². The molecule has 1 fully saturated rings. The van der Waals surface area contributed by atoms with Gasteiger partial charge in [0.15, 0.2) is 23.0 Å². The first-order valence-electron chi connectivity index (χ1n) is 10.2. The van der Waals surface area contributed by atoms with Gasteiger partial charge in [0.2, 0.25) is 6.79 Å². The molecule has 0 aliphatic carbocycles. The van der Waals surface area contributed by atoms with Gasteiger partial charge in [-0.2, -0.15) is 13.2 Å². The van der Waals surface area contributed by atoms with Gasteiger partial charge in [0.05, 0.1) is 27.4 Å². The Bertz CT molecular complexity index is 1080. The second kappa shape index (κ2) is 9.41. The quantitative estimate of drug-likeness (QED) is 0.417. The average molecular weight is 482 g/mol. The molecule has 8 nitrogen and oxygen atoms in total. The molecule has 0 aromatic heterocycles. The predicted octanol–water partition coefficient (Wildman–Crippen LogP) is 3.61. The van der Waals surface area contributed by atoms with Crippen molar-refractivity contribution in [1.29, 1.82) is 0 Å². The molecule has 1 unspecified atom stereocenters. The van der Waals surface area contributed by atoms with Gasteiger partial charge in [-0.15, -0.1) is 0 Å². The summed E-state index contributed by atoms with van der Waals surface area (Å²) in [6.45, 7) is -0.353. The predicted molar refractivity (Wildman–Crippen MR) is 109 cm³/mol. The molecular weight excluding hydrogens is 461 g/mol. The topological polar surface area (TPSA) is 89.5 Å². The lowest BCUT2D eigenvalue weighted by Crippen LogP contribution is -2.38. The number of esters is 1. The molecule has 0 spiro atoms. The molecule has 0 bridgehead atoms. The van der Waals surface area contributed by atoms with Gasteiger partial charge in [-0.3, -0.25) is 9.59 Å². The largest absolute Gasteiger partial charge is 0.493 e. The highest BCUT2D eigenvalue weighted by molar-refractivity contribution is 6.03. The number of methoxy groups -OCH3 is 2. The van der Waals surface area contributed by atoms with Crippen LogP contribution in [-0.2, 0) is 25.7 Å². The fourth-order valence-corrected chi connectivity index (χ4v) is 3.99. The monoisotopic (exact) mass is 482 g/mol. The summed E-state index contributed by atoms with van der Waals surface area (Å²) >= 11 is 0. The Morgan fingerprint density at radius 3 is 2.47 bits per heavy atom. The van der Waals surface area contributed by atoms with Crippen LogP contribution >= 0.6 is 0 Å². The summed E-state index contributed by atoms with van der Waals surface area (Å²) < 4.78 is 71.6. The summed E-state index contributed by atoms with van der Waals surface area (Å²) in [4.78, 5) is 24.5. The van der Waals surface area contributed by atoms with Crippen LogP contribution in [0.1, 0.15) is 17.2 Å². The van der Waals surface area contributed by atoms with E-state index in [-0.39, 0.29) is 20.0 Å². The van der Waals surface area contributed by atoms with E-state index in [1.54, 1.807) is 30.3 Å². The number of cyclic esters (lactones) is 1. The highest BCUT2D eigenvalue weighted by Crippen LogP contribution is 2.45. The van der Waals surface area contributed by atoms with E-state index >= 15 is 0 Å². The third-order valence-electron chi connectivity index (χ3n) is 5.63. The number of Topliss-reactive ketones (excluding diaryl/α,β-unsaturated/α-hetero) is 1. The number of fused-ring (bicyclic) bond motifs is 1. The van der Waals surface area contributed by atoms with Gasteiger partial charge < -0.3 is 28.4 Å². The van der Waals surface area contributed by atoms with Crippen molar-refractivity contribution in [1.82, 2.24) is 0 Å². The van der Waals surface area contributed by atoms with Crippen LogP contribution in [0.2, 0.25) is 0 Å². The lowest BCUT2D eigenvalue weighted by atomic mass is 9.84. The summed E-state index contributed by atoms with van der Waals surface area (Å²) in [6.07, 6.45) is -6.33. The smallest absolute Gasteiger partial charge is 0.450 e. The highest BCUT2D eigenvalue weighted by Gasteiger charge is 2.57. The van der Waals surface area contributed by atoms with Crippen LogP contribution in [0.15, 0.2) is 36.4 Å². The maximum atomic E-state index is 13.2. The maximum absolute atomic E-state index is 13.2. The molecule has 0 saturated carbocycles. The molecule has 4 rings (SSSR count). The van der Waals surface area contributed by atoms with E-state index in [0.717, 1.165) is 0 Å². The maximum Gasteiger partial charge on any atom is 0.450 e. The van der Waals surface area contributed by atoms with E-state index < -0.39 is 35.9 Å². The van der Waals surface area contributed by atoms with Gasteiger partial charge >= 0.3 is 12.1 Å². The second-order valence-electron chi connectivity index (χ2n) is 7.68. The number of carbonyl (C=O) groups excluding carboxylic acids is 2. The van der Waals surface area contributed by atoms with Crippen LogP contribution in [-0.4, -0.2) is 45.5 Å². The number of hydrogen-bond acceptors (Lipinski definition) is 8. The van der Waals surface area contributed by atoms with Gasteiger partial charge in [0.25, 0.3) is 5.78 Å².